The van der Waals surface area contributed by atoms with Crippen LogP contribution in [0.3, 0.4) is 0 Å². The summed E-state index contributed by atoms with van der Waals surface area (Å²) >= 11 is 0. The smallest absolute Gasteiger partial charge is 0.309 e. The SMILES string of the molecule is Cc1nnc(C(=O)N[C@@]23CC[C@]4(C)[C@H](CC[C@@H]5[C@@]6(C)CC[C@H](O)C(C)(C)[C@@H]6CC[C@]54C)C2=C(C(C)C)C(=O)C3)o1. The van der Waals surface area contributed by atoms with Gasteiger partial charge in [-0.3, -0.25) is 9.59 Å². The summed E-state index contributed by atoms with van der Waals surface area (Å²) in [5.41, 5.74) is 1.75. The van der Waals surface area contributed by atoms with Crippen molar-refractivity contribution in [3.63, 3.8) is 0 Å². The Morgan fingerprint density at radius 1 is 0.950 bits per heavy atom. The fourth-order valence-corrected chi connectivity index (χ4v) is 11.4. The van der Waals surface area contributed by atoms with Crippen LogP contribution in [0.25, 0.3) is 0 Å². The highest BCUT2D eigenvalue weighted by atomic mass is 16.4. The number of nitrogens with zero attached hydrogens (tertiary/aromatic N) is 2. The van der Waals surface area contributed by atoms with Gasteiger partial charge in [0.05, 0.1) is 11.6 Å². The number of rotatable bonds is 3. The van der Waals surface area contributed by atoms with E-state index in [1.807, 2.05) is 0 Å². The van der Waals surface area contributed by atoms with Crippen molar-refractivity contribution in [1.29, 1.82) is 0 Å². The van der Waals surface area contributed by atoms with Crippen LogP contribution in [0, 0.1) is 52.3 Å². The van der Waals surface area contributed by atoms with Gasteiger partial charge in [-0.05, 0) is 108 Å². The zero-order valence-corrected chi connectivity index (χ0v) is 25.8. The van der Waals surface area contributed by atoms with Crippen LogP contribution in [-0.2, 0) is 4.79 Å². The van der Waals surface area contributed by atoms with E-state index in [4.69, 9.17) is 4.42 Å². The lowest BCUT2D eigenvalue weighted by Gasteiger charge is -2.72. The topological polar surface area (TPSA) is 105 Å². The van der Waals surface area contributed by atoms with Gasteiger partial charge in [0.15, 0.2) is 5.78 Å². The third-order valence-corrected chi connectivity index (χ3v) is 13.5. The fraction of sp³-hybridized carbons (Fsp3) is 0.818. The molecule has 1 aromatic heterocycles. The van der Waals surface area contributed by atoms with E-state index in [0.717, 1.165) is 56.9 Å². The van der Waals surface area contributed by atoms with E-state index in [0.29, 0.717) is 24.1 Å². The van der Waals surface area contributed by atoms with E-state index in [9.17, 15) is 14.7 Å². The van der Waals surface area contributed by atoms with E-state index in [1.54, 1.807) is 6.92 Å². The van der Waals surface area contributed by atoms with Gasteiger partial charge in [0.25, 0.3) is 0 Å². The molecular formula is C33H49N3O4. The Kier molecular flexibility index (Phi) is 6.15. The predicted octanol–water partition coefficient (Wildman–Crippen LogP) is 6.20. The van der Waals surface area contributed by atoms with E-state index in [1.165, 1.54) is 5.57 Å². The number of aryl methyl sites for hydroxylation is 1. The molecule has 40 heavy (non-hydrogen) atoms. The summed E-state index contributed by atoms with van der Waals surface area (Å²) in [6, 6.07) is 0. The van der Waals surface area contributed by atoms with E-state index in [2.05, 4.69) is 64.0 Å². The van der Waals surface area contributed by atoms with Crippen LogP contribution in [0.4, 0.5) is 0 Å². The number of nitrogens with one attached hydrogen (secondary N) is 1. The molecule has 0 radical (unpaired) electrons. The molecular weight excluding hydrogens is 502 g/mol. The average molecular weight is 552 g/mol. The van der Waals surface area contributed by atoms with Gasteiger partial charge < -0.3 is 14.8 Å². The Labute approximate surface area is 239 Å². The van der Waals surface area contributed by atoms with Crippen LogP contribution in [-0.4, -0.2) is 38.6 Å². The lowest BCUT2D eigenvalue weighted by molar-refractivity contribution is -0.226. The molecule has 6 rings (SSSR count). The average Bonchev–Trinajstić information content (AvgIpc) is 3.43. The molecule has 0 spiro atoms. The van der Waals surface area contributed by atoms with Crippen LogP contribution in [0.15, 0.2) is 15.6 Å². The zero-order chi connectivity index (χ0) is 29.0. The van der Waals surface area contributed by atoms with E-state index in [-0.39, 0.29) is 57.2 Å². The number of hydrogen-bond acceptors (Lipinski definition) is 6. The molecule has 7 nitrogen and oxygen atoms in total. The minimum Gasteiger partial charge on any atom is -0.417 e. The molecule has 1 amide bonds. The van der Waals surface area contributed by atoms with Crippen LogP contribution in [0.1, 0.15) is 123 Å². The summed E-state index contributed by atoms with van der Waals surface area (Å²) in [5.74, 6) is 1.57. The highest BCUT2D eigenvalue weighted by Crippen LogP contribution is 2.75. The third kappa shape index (κ3) is 3.51. The van der Waals surface area contributed by atoms with Gasteiger partial charge in [0.1, 0.15) is 0 Å². The molecule has 0 aromatic carbocycles. The first kappa shape index (κ1) is 28.1. The zero-order valence-electron chi connectivity index (χ0n) is 25.8. The number of amides is 1. The van der Waals surface area contributed by atoms with Gasteiger partial charge in [0, 0.05) is 13.3 Å². The molecule has 2 N–H and O–H groups in total. The highest BCUT2D eigenvalue weighted by Gasteiger charge is 2.70. The Morgan fingerprint density at radius 3 is 2.33 bits per heavy atom. The summed E-state index contributed by atoms with van der Waals surface area (Å²) in [4.78, 5) is 27.1. The number of aromatic nitrogens is 2. The number of allylic oxidation sites excluding steroid dienone is 1. The van der Waals surface area contributed by atoms with Crippen molar-refractivity contribution in [2.45, 2.75) is 125 Å². The van der Waals surface area contributed by atoms with Crippen molar-refractivity contribution < 1.29 is 19.1 Å². The van der Waals surface area contributed by atoms with Gasteiger partial charge in [-0.15, -0.1) is 10.2 Å². The van der Waals surface area contributed by atoms with Gasteiger partial charge in [-0.2, -0.15) is 0 Å². The Balaban J connectivity index is 1.41. The van der Waals surface area contributed by atoms with E-state index < -0.39 is 5.54 Å². The molecule has 5 aliphatic rings. The van der Waals surface area contributed by atoms with Crippen LogP contribution in [0.2, 0.25) is 0 Å². The van der Waals surface area contributed by atoms with Crippen LogP contribution >= 0.6 is 0 Å². The van der Waals surface area contributed by atoms with Gasteiger partial charge >= 0.3 is 11.8 Å². The number of carbonyl (C=O) groups excluding carboxylic acids is 2. The van der Waals surface area contributed by atoms with Crippen molar-refractivity contribution in [3.05, 3.63) is 22.9 Å². The quantitative estimate of drug-likeness (QED) is 0.463. The number of Topliss-reactive ketones (excluding diaryl/α,β-unsaturated/α-hetero) is 1. The van der Waals surface area contributed by atoms with Gasteiger partial charge in [0.2, 0.25) is 5.89 Å². The molecule has 8 atom stereocenters. The first-order valence-corrected chi connectivity index (χ1v) is 15.7. The summed E-state index contributed by atoms with van der Waals surface area (Å²) in [7, 11) is 0. The molecule has 0 unspecified atom stereocenters. The Hall–Kier alpha value is -2.02. The number of carbonyl (C=O) groups is 2. The monoisotopic (exact) mass is 551 g/mol. The first-order valence-electron chi connectivity index (χ1n) is 15.7. The molecule has 7 heteroatoms. The normalized spacial score (nSPS) is 44.1. The largest absolute Gasteiger partial charge is 0.417 e. The highest BCUT2D eigenvalue weighted by molar-refractivity contribution is 6.03. The standard InChI is InChI=1S/C33H49N3O4/c1-18(2)25-21(37)17-33(34-27(39)28-36-35-19(3)40-28)16-15-31(7)20(26(25)33)9-10-23-30(6)13-12-24(38)29(4,5)22(30)11-14-32(23,31)8/h18,20,22-24,38H,9-17H2,1-8H3,(H,34,39)/t20-,22+,23-,24+,30+,31-,32-,33-/m1/s1. The second-order valence-electron chi connectivity index (χ2n) is 15.7. The lowest BCUT2D eigenvalue weighted by Crippen LogP contribution is -2.67. The fourth-order valence-electron chi connectivity index (χ4n) is 11.4. The molecule has 0 saturated heterocycles. The van der Waals surface area contributed by atoms with Crippen LogP contribution < -0.4 is 5.32 Å². The molecule has 1 heterocycles. The maximum atomic E-state index is 13.7. The number of aliphatic hydroxyl groups excluding tert-OH is 1. The van der Waals surface area contributed by atoms with Gasteiger partial charge in [-0.25, -0.2) is 0 Å². The number of ketones is 1. The summed E-state index contributed by atoms with van der Waals surface area (Å²) in [5, 5.41) is 22.1. The molecule has 5 aliphatic carbocycles. The first-order chi connectivity index (χ1) is 18.6. The molecule has 1 aromatic rings. The minimum absolute atomic E-state index is 0.0273. The van der Waals surface area contributed by atoms with Crippen molar-refractivity contribution in [2.75, 3.05) is 0 Å². The molecule has 4 fully saturated rings. The van der Waals surface area contributed by atoms with E-state index >= 15 is 0 Å². The molecule has 4 saturated carbocycles. The number of hydrogen-bond donors (Lipinski definition) is 2. The second kappa shape index (κ2) is 8.75. The number of fused-ring (bicyclic) bond motifs is 7. The van der Waals surface area contributed by atoms with Crippen molar-refractivity contribution in [2.24, 2.45) is 45.3 Å². The third-order valence-electron chi connectivity index (χ3n) is 13.5. The van der Waals surface area contributed by atoms with Crippen molar-refractivity contribution in [1.82, 2.24) is 15.5 Å². The van der Waals surface area contributed by atoms with Crippen molar-refractivity contribution >= 4 is 11.7 Å². The maximum absolute atomic E-state index is 13.7. The number of aliphatic hydroxyl groups is 1. The maximum Gasteiger partial charge on any atom is 0.309 e. The minimum atomic E-state index is -0.679. The molecule has 0 bridgehead atoms. The lowest BCUT2D eigenvalue weighted by atomic mass is 9.33. The Bertz CT molecular complexity index is 1280. The molecule has 0 aliphatic heterocycles. The summed E-state index contributed by atoms with van der Waals surface area (Å²) in [6.45, 7) is 18.1. The second-order valence-corrected chi connectivity index (χ2v) is 15.7. The summed E-state index contributed by atoms with van der Waals surface area (Å²) in [6.07, 6.45) is 8.26. The van der Waals surface area contributed by atoms with Crippen molar-refractivity contribution in [3.8, 4) is 0 Å². The Morgan fingerprint density at radius 2 is 1.68 bits per heavy atom. The van der Waals surface area contributed by atoms with Crippen LogP contribution in [0.5, 0.6) is 0 Å². The molecule has 220 valence electrons. The summed E-state index contributed by atoms with van der Waals surface area (Å²) < 4.78 is 5.48. The van der Waals surface area contributed by atoms with Gasteiger partial charge in [-0.1, -0.05) is 48.5 Å². The predicted molar refractivity (Wildman–Crippen MR) is 152 cm³/mol.